The normalized spacial score (nSPS) is 13.9. The van der Waals surface area contributed by atoms with Crippen LogP contribution in [-0.4, -0.2) is 25.5 Å². The maximum absolute atomic E-state index is 11.0. The molecule has 1 rings (SSSR count). The lowest BCUT2D eigenvalue weighted by Crippen LogP contribution is -2.18. The molecule has 0 aliphatic carbocycles. The van der Waals surface area contributed by atoms with E-state index in [0.717, 1.165) is 0 Å². The molecule has 68 valence electrons. The number of carbonyl (C=O) groups is 1. The summed E-state index contributed by atoms with van der Waals surface area (Å²) in [6.07, 6.45) is 3.11. The van der Waals surface area contributed by atoms with Crippen LogP contribution in [0.5, 0.6) is 0 Å². The molecule has 0 aromatic rings. The minimum absolute atomic E-state index is 0. The largest absolute Gasteiger partial charge is 0.462 e. The molecule has 1 heterocycles. The zero-order valence-corrected chi connectivity index (χ0v) is 7.56. The maximum atomic E-state index is 11.0. The van der Waals surface area contributed by atoms with Gasteiger partial charge >= 0.3 is 5.97 Å². The fourth-order valence-electron chi connectivity index (χ4n) is 0.716. The van der Waals surface area contributed by atoms with Gasteiger partial charge in [0.25, 0.3) is 0 Å². The van der Waals surface area contributed by atoms with Crippen molar-refractivity contribution in [3.8, 4) is 0 Å². The van der Waals surface area contributed by atoms with E-state index in [1.165, 1.54) is 6.21 Å². The average molecular weight is 191 g/mol. The van der Waals surface area contributed by atoms with Crippen LogP contribution < -0.4 is 5.32 Å². The van der Waals surface area contributed by atoms with Gasteiger partial charge in [-0.05, 0) is 6.92 Å². The van der Waals surface area contributed by atoms with Crippen molar-refractivity contribution in [1.29, 1.82) is 0 Å². The lowest BCUT2D eigenvalue weighted by Gasteiger charge is -2.06. The van der Waals surface area contributed by atoms with Gasteiger partial charge in [0.2, 0.25) is 0 Å². The summed E-state index contributed by atoms with van der Waals surface area (Å²) in [4.78, 5) is 14.8. The summed E-state index contributed by atoms with van der Waals surface area (Å²) in [7, 11) is 0. The van der Waals surface area contributed by atoms with Crippen LogP contribution in [0.15, 0.2) is 16.8 Å². The number of aliphatic imine (C=N–C) groups is 1. The highest BCUT2D eigenvalue weighted by atomic mass is 35.5. The molecule has 12 heavy (non-hydrogen) atoms. The lowest BCUT2D eigenvalue weighted by atomic mass is 10.3. The van der Waals surface area contributed by atoms with Crippen molar-refractivity contribution < 1.29 is 9.53 Å². The molecular weight excluding hydrogens is 180 g/mol. The Morgan fingerprint density at radius 1 is 1.83 bits per heavy atom. The van der Waals surface area contributed by atoms with E-state index in [2.05, 4.69) is 10.3 Å². The topological polar surface area (TPSA) is 50.7 Å². The van der Waals surface area contributed by atoms with Crippen molar-refractivity contribution in [2.75, 3.05) is 13.3 Å². The van der Waals surface area contributed by atoms with Crippen molar-refractivity contribution in [2.24, 2.45) is 4.99 Å². The summed E-state index contributed by atoms with van der Waals surface area (Å²) in [5, 5.41) is 2.81. The molecule has 0 saturated carbocycles. The average Bonchev–Trinajstić information content (AvgIpc) is 2.07. The highest BCUT2D eigenvalue weighted by Gasteiger charge is 2.08. The third-order valence-corrected chi connectivity index (χ3v) is 1.18. The van der Waals surface area contributed by atoms with Crippen LogP contribution in [0.2, 0.25) is 0 Å². The van der Waals surface area contributed by atoms with Crippen LogP contribution in [-0.2, 0) is 9.53 Å². The number of halogens is 1. The summed E-state index contributed by atoms with van der Waals surface area (Å²) in [5.41, 5.74) is 0.470. The molecule has 4 nitrogen and oxygen atoms in total. The summed E-state index contributed by atoms with van der Waals surface area (Å²) in [6.45, 7) is 2.69. The third-order valence-electron chi connectivity index (χ3n) is 1.18. The minimum atomic E-state index is -0.330. The lowest BCUT2D eigenvalue weighted by molar-refractivity contribution is -0.137. The van der Waals surface area contributed by atoms with Crippen LogP contribution in [0, 0.1) is 0 Å². The van der Waals surface area contributed by atoms with Gasteiger partial charge in [-0.3, -0.25) is 4.99 Å². The molecule has 0 spiro atoms. The van der Waals surface area contributed by atoms with Gasteiger partial charge in [-0.25, -0.2) is 4.79 Å². The Hall–Kier alpha value is -1.03. The van der Waals surface area contributed by atoms with Crippen LogP contribution >= 0.6 is 12.4 Å². The van der Waals surface area contributed by atoms with Gasteiger partial charge in [0.05, 0.1) is 12.2 Å². The molecule has 1 N–H and O–H groups in total. The molecule has 1 aliphatic heterocycles. The predicted octanol–water partition coefficient (Wildman–Crippen LogP) is 0.487. The quantitative estimate of drug-likeness (QED) is 0.645. The Morgan fingerprint density at radius 2 is 2.58 bits per heavy atom. The number of nitrogens with zero attached hydrogens (tertiary/aromatic N) is 1. The monoisotopic (exact) mass is 190 g/mol. The first-order chi connectivity index (χ1) is 5.34. The Morgan fingerprint density at radius 3 is 3.08 bits per heavy atom. The van der Waals surface area contributed by atoms with Gasteiger partial charge in [-0.2, -0.15) is 0 Å². The van der Waals surface area contributed by atoms with E-state index >= 15 is 0 Å². The second-order valence-corrected chi connectivity index (χ2v) is 1.99. The molecule has 0 radical (unpaired) electrons. The molecule has 0 aromatic heterocycles. The van der Waals surface area contributed by atoms with Crippen LogP contribution in [0.3, 0.4) is 0 Å². The second kappa shape index (κ2) is 5.60. The fourth-order valence-corrected chi connectivity index (χ4v) is 0.716. The summed E-state index contributed by atoms with van der Waals surface area (Å²) in [6, 6.07) is 0. The van der Waals surface area contributed by atoms with E-state index in [0.29, 0.717) is 18.8 Å². The predicted molar refractivity (Wildman–Crippen MR) is 48.5 cm³/mol. The van der Waals surface area contributed by atoms with E-state index in [-0.39, 0.29) is 18.4 Å². The molecule has 0 atom stereocenters. The first-order valence-corrected chi connectivity index (χ1v) is 3.45. The van der Waals surface area contributed by atoms with Gasteiger partial charge in [0.1, 0.15) is 6.67 Å². The number of hydrogen-bond acceptors (Lipinski definition) is 4. The fraction of sp³-hybridized carbons (Fsp3) is 0.429. The Labute approximate surface area is 77.1 Å². The van der Waals surface area contributed by atoms with Gasteiger partial charge in [0, 0.05) is 12.4 Å². The van der Waals surface area contributed by atoms with Gasteiger partial charge < -0.3 is 10.1 Å². The smallest absolute Gasteiger partial charge is 0.341 e. The number of hydrogen-bond donors (Lipinski definition) is 1. The number of nitrogens with one attached hydrogen (secondary N) is 1. The molecule has 5 heteroatoms. The molecule has 1 aliphatic rings. The molecule has 0 fully saturated rings. The second-order valence-electron chi connectivity index (χ2n) is 1.99. The van der Waals surface area contributed by atoms with E-state index in [1.807, 2.05) is 0 Å². The Bertz CT molecular complexity index is 213. The van der Waals surface area contributed by atoms with E-state index in [4.69, 9.17) is 4.74 Å². The van der Waals surface area contributed by atoms with E-state index < -0.39 is 0 Å². The third kappa shape index (κ3) is 2.92. The summed E-state index contributed by atoms with van der Waals surface area (Å²) >= 11 is 0. The van der Waals surface area contributed by atoms with E-state index in [1.54, 1.807) is 13.1 Å². The number of rotatable bonds is 2. The Kier molecular flexibility index (Phi) is 5.12. The summed E-state index contributed by atoms with van der Waals surface area (Å²) < 4.78 is 4.74. The van der Waals surface area contributed by atoms with Gasteiger partial charge in [0.15, 0.2) is 0 Å². The van der Waals surface area contributed by atoms with Crippen LogP contribution in [0.25, 0.3) is 0 Å². The van der Waals surface area contributed by atoms with Crippen molar-refractivity contribution in [1.82, 2.24) is 5.32 Å². The molecule has 0 amide bonds. The number of carbonyl (C=O) groups excluding carboxylic acids is 1. The number of esters is 1. The first kappa shape index (κ1) is 11.0. The molecule has 0 aromatic carbocycles. The van der Waals surface area contributed by atoms with Crippen LogP contribution in [0.1, 0.15) is 6.92 Å². The zero-order chi connectivity index (χ0) is 8.10. The van der Waals surface area contributed by atoms with Crippen molar-refractivity contribution in [3.05, 3.63) is 11.8 Å². The van der Waals surface area contributed by atoms with Crippen molar-refractivity contribution in [3.63, 3.8) is 0 Å². The van der Waals surface area contributed by atoms with Crippen molar-refractivity contribution >= 4 is 24.6 Å². The number of ether oxygens (including phenoxy) is 1. The first-order valence-electron chi connectivity index (χ1n) is 3.45. The SMILES string of the molecule is CCOC(=O)C1=CNCN=C1.Cl. The van der Waals surface area contributed by atoms with E-state index in [9.17, 15) is 4.79 Å². The molecule has 0 saturated heterocycles. The van der Waals surface area contributed by atoms with Gasteiger partial charge in [-0.1, -0.05) is 0 Å². The standard InChI is InChI=1S/C7H10N2O2.ClH/c1-2-11-7(10)6-3-8-5-9-4-6;/h3-4,8H,2,5H2,1H3;1H. The maximum Gasteiger partial charge on any atom is 0.341 e. The molecule has 0 unspecified atom stereocenters. The van der Waals surface area contributed by atoms with Crippen LogP contribution in [0.4, 0.5) is 0 Å². The Balaban J connectivity index is 0.00000121. The minimum Gasteiger partial charge on any atom is -0.462 e. The van der Waals surface area contributed by atoms with Crippen molar-refractivity contribution in [2.45, 2.75) is 6.92 Å². The molecule has 0 bridgehead atoms. The zero-order valence-electron chi connectivity index (χ0n) is 6.74. The van der Waals surface area contributed by atoms with Gasteiger partial charge in [-0.15, -0.1) is 12.4 Å². The summed E-state index contributed by atoms with van der Waals surface area (Å²) in [5.74, 6) is -0.330. The molecular formula is C7H11ClN2O2. The highest BCUT2D eigenvalue weighted by Crippen LogP contribution is 1.96. The highest BCUT2D eigenvalue weighted by molar-refractivity contribution is 6.09.